The summed E-state index contributed by atoms with van der Waals surface area (Å²) in [5, 5.41) is 13.9. The van der Waals surface area contributed by atoms with Crippen molar-refractivity contribution in [2.75, 3.05) is 5.32 Å². The number of nitrogens with zero attached hydrogens (tertiary/aromatic N) is 2. The second-order valence-electron chi connectivity index (χ2n) is 3.48. The maximum Gasteiger partial charge on any atom is 0.356 e. The molecule has 6 heteroatoms. The average Bonchev–Trinajstić information content (AvgIpc) is 2.82. The van der Waals surface area contributed by atoms with Crippen molar-refractivity contribution in [2.45, 2.75) is 13.0 Å². The SMILES string of the molecule is CC(Nc1cncc(C(=O)O)n1)c1cccs1. The number of thiophene rings is 1. The highest BCUT2D eigenvalue weighted by atomic mass is 32.1. The molecule has 1 unspecified atom stereocenters. The van der Waals surface area contributed by atoms with E-state index < -0.39 is 5.97 Å². The van der Waals surface area contributed by atoms with E-state index in [1.165, 1.54) is 12.4 Å². The summed E-state index contributed by atoms with van der Waals surface area (Å²) in [6, 6.07) is 4.06. The maximum absolute atomic E-state index is 10.7. The first-order chi connectivity index (χ1) is 8.16. The van der Waals surface area contributed by atoms with Crippen molar-refractivity contribution in [1.82, 2.24) is 9.97 Å². The molecule has 0 saturated heterocycles. The molecule has 1 atom stereocenters. The van der Waals surface area contributed by atoms with Crippen LogP contribution in [0, 0.1) is 0 Å². The zero-order chi connectivity index (χ0) is 12.3. The first kappa shape index (κ1) is 11.5. The molecular formula is C11H11N3O2S. The van der Waals surface area contributed by atoms with Gasteiger partial charge in [-0.05, 0) is 18.4 Å². The fourth-order valence-electron chi connectivity index (χ4n) is 1.37. The van der Waals surface area contributed by atoms with Gasteiger partial charge in [0.05, 0.1) is 18.4 Å². The van der Waals surface area contributed by atoms with Crippen LogP contribution in [-0.2, 0) is 0 Å². The van der Waals surface area contributed by atoms with Crippen LogP contribution in [0.3, 0.4) is 0 Å². The lowest BCUT2D eigenvalue weighted by molar-refractivity contribution is 0.0690. The Morgan fingerprint density at radius 2 is 2.35 bits per heavy atom. The lowest BCUT2D eigenvalue weighted by Crippen LogP contribution is -2.09. The second kappa shape index (κ2) is 4.92. The van der Waals surface area contributed by atoms with Crippen molar-refractivity contribution in [2.24, 2.45) is 0 Å². The van der Waals surface area contributed by atoms with Crippen LogP contribution in [0.5, 0.6) is 0 Å². The highest BCUT2D eigenvalue weighted by Crippen LogP contribution is 2.21. The molecule has 17 heavy (non-hydrogen) atoms. The first-order valence-corrected chi connectivity index (χ1v) is 5.90. The molecule has 0 radical (unpaired) electrons. The summed E-state index contributed by atoms with van der Waals surface area (Å²) in [6.07, 6.45) is 2.74. The van der Waals surface area contributed by atoms with E-state index in [1.807, 2.05) is 24.4 Å². The molecule has 2 aromatic heterocycles. The smallest absolute Gasteiger partial charge is 0.356 e. The van der Waals surface area contributed by atoms with Crippen LogP contribution >= 0.6 is 11.3 Å². The third kappa shape index (κ3) is 2.79. The van der Waals surface area contributed by atoms with Gasteiger partial charge < -0.3 is 10.4 Å². The van der Waals surface area contributed by atoms with E-state index in [9.17, 15) is 4.79 Å². The van der Waals surface area contributed by atoms with Gasteiger partial charge in [0.15, 0.2) is 5.69 Å². The lowest BCUT2D eigenvalue weighted by atomic mass is 10.3. The monoisotopic (exact) mass is 249 g/mol. The van der Waals surface area contributed by atoms with E-state index in [-0.39, 0.29) is 11.7 Å². The Labute approximate surface area is 102 Å². The summed E-state index contributed by atoms with van der Waals surface area (Å²) in [7, 11) is 0. The van der Waals surface area contributed by atoms with E-state index in [2.05, 4.69) is 15.3 Å². The maximum atomic E-state index is 10.7. The highest BCUT2D eigenvalue weighted by Gasteiger charge is 2.10. The summed E-state index contributed by atoms with van der Waals surface area (Å²) in [6.45, 7) is 1.99. The van der Waals surface area contributed by atoms with Gasteiger partial charge in [-0.1, -0.05) is 6.07 Å². The van der Waals surface area contributed by atoms with Crippen LogP contribution in [0.2, 0.25) is 0 Å². The molecule has 0 fully saturated rings. The molecule has 0 aliphatic heterocycles. The van der Waals surface area contributed by atoms with Crippen LogP contribution in [0.4, 0.5) is 5.82 Å². The van der Waals surface area contributed by atoms with Gasteiger partial charge in [-0.15, -0.1) is 11.3 Å². The van der Waals surface area contributed by atoms with Crippen molar-refractivity contribution < 1.29 is 9.90 Å². The Morgan fingerprint density at radius 3 is 3.00 bits per heavy atom. The molecule has 5 nitrogen and oxygen atoms in total. The molecule has 2 rings (SSSR count). The summed E-state index contributed by atoms with van der Waals surface area (Å²) >= 11 is 1.63. The number of carboxylic acid groups (broad SMARTS) is 1. The van der Waals surface area contributed by atoms with Crippen molar-refractivity contribution in [1.29, 1.82) is 0 Å². The van der Waals surface area contributed by atoms with E-state index in [0.717, 1.165) is 4.88 Å². The van der Waals surface area contributed by atoms with Crippen LogP contribution < -0.4 is 5.32 Å². The van der Waals surface area contributed by atoms with E-state index in [0.29, 0.717) is 5.82 Å². The van der Waals surface area contributed by atoms with Gasteiger partial charge in [0.1, 0.15) is 5.82 Å². The fourth-order valence-corrected chi connectivity index (χ4v) is 2.10. The Balaban J connectivity index is 2.13. The van der Waals surface area contributed by atoms with Crippen molar-refractivity contribution >= 4 is 23.1 Å². The lowest BCUT2D eigenvalue weighted by Gasteiger charge is -2.12. The number of aromatic nitrogens is 2. The van der Waals surface area contributed by atoms with Gasteiger partial charge in [-0.3, -0.25) is 4.98 Å². The minimum absolute atomic E-state index is 0.0617. The zero-order valence-corrected chi connectivity index (χ0v) is 9.94. The molecule has 0 amide bonds. The second-order valence-corrected chi connectivity index (χ2v) is 4.46. The average molecular weight is 249 g/mol. The summed E-state index contributed by atoms with van der Waals surface area (Å²) < 4.78 is 0. The molecule has 0 spiro atoms. The molecule has 0 saturated carbocycles. The Hall–Kier alpha value is -1.95. The van der Waals surface area contributed by atoms with Crippen molar-refractivity contribution in [3.8, 4) is 0 Å². The number of anilines is 1. The number of rotatable bonds is 4. The summed E-state index contributed by atoms with van der Waals surface area (Å²) in [5.41, 5.74) is -0.0617. The number of carboxylic acids is 1. The summed E-state index contributed by atoms with van der Waals surface area (Å²) in [5.74, 6) is -0.615. The number of hydrogen-bond acceptors (Lipinski definition) is 5. The minimum atomic E-state index is -1.08. The van der Waals surface area contributed by atoms with Gasteiger partial charge in [0, 0.05) is 4.88 Å². The van der Waals surface area contributed by atoms with E-state index >= 15 is 0 Å². The number of hydrogen-bond donors (Lipinski definition) is 2. The third-order valence-electron chi connectivity index (χ3n) is 2.19. The van der Waals surface area contributed by atoms with Crippen LogP contribution in [-0.4, -0.2) is 21.0 Å². The van der Waals surface area contributed by atoms with Gasteiger partial charge in [-0.25, -0.2) is 9.78 Å². The summed E-state index contributed by atoms with van der Waals surface area (Å²) in [4.78, 5) is 19.7. The largest absolute Gasteiger partial charge is 0.476 e. The Morgan fingerprint density at radius 1 is 1.53 bits per heavy atom. The van der Waals surface area contributed by atoms with E-state index in [4.69, 9.17) is 5.11 Å². The normalized spacial score (nSPS) is 12.1. The van der Waals surface area contributed by atoms with Gasteiger partial charge in [-0.2, -0.15) is 0 Å². The molecule has 0 aromatic carbocycles. The number of carbonyl (C=O) groups is 1. The van der Waals surface area contributed by atoms with Crippen LogP contribution in [0.15, 0.2) is 29.9 Å². The van der Waals surface area contributed by atoms with Crippen LogP contribution in [0.1, 0.15) is 28.3 Å². The van der Waals surface area contributed by atoms with Crippen LogP contribution in [0.25, 0.3) is 0 Å². The first-order valence-electron chi connectivity index (χ1n) is 5.02. The quantitative estimate of drug-likeness (QED) is 0.870. The van der Waals surface area contributed by atoms with Gasteiger partial charge >= 0.3 is 5.97 Å². The molecule has 88 valence electrons. The zero-order valence-electron chi connectivity index (χ0n) is 9.12. The number of nitrogens with one attached hydrogen (secondary N) is 1. The van der Waals surface area contributed by atoms with Crippen molar-refractivity contribution in [3.63, 3.8) is 0 Å². The fraction of sp³-hybridized carbons (Fsp3) is 0.182. The molecule has 0 aliphatic rings. The Bertz CT molecular complexity index is 513. The van der Waals surface area contributed by atoms with Gasteiger partial charge in [0.2, 0.25) is 0 Å². The predicted molar refractivity (Wildman–Crippen MR) is 65.3 cm³/mol. The molecule has 2 heterocycles. The Kier molecular flexibility index (Phi) is 3.34. The third-order valence-corrected chi connectivity index (χ3v) is 3.24. The standard InChI is InChI=1S/C11H11N3O2S/c1-7(9-3-2-4-17-9)13-10-6-12-5-8(14-10)11(15)16/h2-7H,1H3,(H,13,14)(H,15,16). The molecule has 0 aliphatic carbocycles. The molecule has 0 bridgehead atoms. The highest BCUT2D eigenvalue weighted by molar-refractivity contribution is 7.10. The van der Waals surface area contributed by atoms with Crippen molar-refractivity contribution in [3.05, 3.63) is 40.5 Å². The topological polar surface area (TPSA) is 75.1 Å². The molecule has 2 N–H and O–H groups in total. The predicted octanol–water partition coefficient (Wildman–Crippen LogP) is 2.41. The number of aromatic carboxylic acids is 1. The van der Waals surface area contributed by atoms with E-state index in [1.54, 1.807) is 11.3 Å². The minimum Gasteiger partial charge on any atom is -0.476 e. The molecular weight excluding hydrogens is 238 g/mol. The molecule has 2 aromatic rings. The van der Waals surface area contributed by atoms with Gasteiger partial charge in [0.25, 0.3) is 0 Å².